The number of fused-ring (bicyclic) bond motifs is 1. The summed E-state index contributed by atoms with van der Waals surface area (Å²) in [6, 6.07) is 1.49. The summed E-state index contributed by atoms with van der Waals surface area (Å²) in [7, 11) is -3.17. The summed E-state index contributed by atoms with van der Waals surface area (Å²) < 4.78 is 67.9. The molecular formula is C22H28F3N7O3S. The van der Waals surface area contributed by atoms with E-state index in [0.29, 0.717) is 54.9 Å². The minimum atomic E-state index is -3.17. The van der Waals surface area contributed by atoms with Crippen molar-refractivity contribution >= 4 is 38.8 Å². The summed E-state index contributed by atoms with van der Waals surface area (Å²) in [5.41, 5.74) is 0.575. The Hall–Kier alpha value is -2.97. The van der Waals surface area contributed by atoms with E-state index >= 15 is 0 Å². The van der Waals surface area contributed by atoms with Crippen LogP contribution in [-0.2, 0) is 14.8 Å². The molecular weight excluding hydrogens is 499 g/mol. The fourth-order valence-electron chi connectivity index (χ4n) is 4.32. The highest BCUT2D eigenvalue weighted by Crippen LogP contribution is 2.32. The maximum atomic E-state index is 14.2. The number of imidazole rings is 1. The first-order valence-corrected chi connectivity index (χ1v) is 13.5. The van der Waals surface area contributed by atoms with Crippen LogP contribution in [0.4, 0.5) is 30.8 Å². The molecule has 0 radical (unpaired) electrons. The van der Waals surface area contributed by atoms with E-state index in [-0.39, 0.29) is 12.0 Å². The minimum Gasteiger partial charge on any atom is -0.379 e. The van der Waals surface area contributed by atoms with E-state index in [1.54, 1.807) is 10.8 Å². The van der Waals surface area contributed by atoms with E-state index in [1.807, 2.05) is 0 Å². The van der Waals surface area contributed by atoms with E-state index < -0.39 is 33.2 Å². The molecule has 2 aromatic heterocycles. The molecule has 0 bridgehead atoms. The molecule has 1 aliphatic carbocycles. The molecule has 36 heavy (non-hydrogen) atoms. The molecule has 2 aliphatic rings. The van der Waals surface area contributed by atoms with Gasteiger partial charge in [0.2, 0.25) is 21.9 Å². The highest BCUT2D eigenvalue weighted by Gasteiger charge is 2.26. The third-order valence-corrected chi connectivity index (χ3v) is 5.89. The Morgan fingerprint density at radius 3 is 2.36 bits per heavy atom. The number of benzene rings is 1. The van der Waals surface area contributed by atoms with Crippen LogP contribution in [0, 0.1) is 17.5 Å². The number of ether oxygens (including phenoxy) is 1. The van der Waals surface area contributed by atoms with Crippen LogP contribution in [0.2, 0.25) is 0 Å². The highest BCUT2D eigenvalue weighted by atomic mass is 32.2. The number of nitrogens with two attached hydrogens (primary N) is 1. The first kappa shape index (κ1) is 26.1. The Balaban J connectivity index is 0.000000556. The normalized spacial score (nSPS) is 18.6. The maximum absolute atomic E-state index is 14.2. The second-order valence-electron chi connectivity index (χ2n) is 8.90. The van der Waals surface area contributed by atoms with Crippen molar-refractivity contribution in [3.8, 4) is 0 Å². The van der Waals surface area contributed by atoms with Crippen LogP contribution in [0.15, 0.2) is 18.3 Å². The smallest absolute Gasteiger partial charge is 0.224 e. The number of hydrogen-bond donors (Lipinski definition) is 3. The molecule has 1 saturated carbocycles. The van der Waals surface area contributed by atoms with Crippen molar-refractivity contribution in [1.29, 1.82) is 0 Å². The topological polar surface area (TPSA) is 137 Å². The zero-order chi connectivity index (χ0) is 25.9. The van der Waals surface area contributed by atoms with Gasteiger partial charge < -0.3 is 15.4 Å². The lowest BCUT2D eigenvalue weighted by atomic mass is 9.96. The van der Waals surface area contributed by atoms with E-state index in [1.165, 1.54) is 19.3 Å². The van der Waals surface area contributed by atoms with Crippen LogP contribution in [0.5, 0.6) is 0 Å². The molecule has 4 N–H and O–H groups in total. The van der Waals surface area contributed by atoms with Gasteiger partial charge in [0.15, 0.2) is 17.3 Å². The molecule has 14 heteroatoms. The van der Waals surface area contributed by atoms with Crippen molar-refractivity contribution in [2.75, 3.05) is 30.1 Å². The van der Waals surface area contributed by atoms with Gasteiger partial charge in [0, 0.05) is 24.8 Å². The summed E-state index contributed by atoms with van der Waals surface area (Å²) in [6.45, 7) is 1.01. The van der Waals surface area contributed by atoms with Gasteiger partial charge in [-0.05, 0) is 19.3 Å². The summed E-state index contributed by atoms with van der Waals surface area (Å²) in [5.74, 6) is -2.35. The van der Waals surface area contributed by atoms with Crippen molar-refractivity contribution in [2.45, 2.75) is 50.6 Å². The number of primary sulfonamides is 1. The molecule has 1 aromatic carbocycles. The quantitative estimate of drug-likeness (QED) is 0.458. The van der Waals surface area contributed by atoms with Crippen LogP contribution in [-0.4, -0.2) is 53.4 Å². The van der Waals surface area contributed by atoms with Crippen LogP contribution >= 0.6 is 0 Å². The molecule has 1 atom stereocenters. The highest BCUT2D eigenvalue weighted by molar-refractivity contribution is 7.88. The molecule has 10 nitrogen and oxygen atoms in total. The van der Waals surface area contributed by atoms with Crippen LogP contribution in [0.25, 0.3) is 11.2 Å². The van der Waals surface area contributed by atoms with Crippen molar-refractivity contribution in [3.05, 3.63) is 35.8 Å². The average molecular weight is 528 g/mol. The van der Waals surface area contributed by atoms with Crippen molar-refractivity contribution in [2.24, 2.45) is 5.14 Å². The number of aromatic nitrogens is 4. The lowest BCUT2D eigenvalue weighted by Crippen LogP contribution is -2.23. The molecule has 1 aliphatic heterocycles. The largest absolute Gasteiger partial charge is 0.379 e. The second kappa shape index (κ2) is 11.0. The monoisotopic (exact) mass is 527 g/mol. The number of rotatable bonds is 5. The van der Waals surface area contributed by atoms with Gasteiger partial charge in [-0.2, -0.15) is 4.98 Å². The van der Waals surface area contributed by atoms with Gasteiger partial charge in [0.05, 0.1) is 25.1 Å². The fraction of sp³-hybridized carbons (Fsp3) is 0.500. The Morgan fingerprint density at radius 2 is 1.75 bits per heavy atom. The van der Waals surface area contributed by atoms with Gasteiger partial charge in [-0.25, -0.2) is 36.7 Å². The lowest BCUT2D eigenvalue weighted by Gasteiger charge is -2.22. The third kappa shape index (κ3) is 6.62. The van der Waals surface area contributed by atoms with Gasteiger partial charge in [-0.15, -0.1) is 0 Å². The Labute approximate surface area is 206 Å². The van der Waals surface area contributed by atoms with E-state index in [4.69, 9.17) is 4.74 Å². The predicted molar refractivity (Wildman–Crippen MR) is 129 cm³/mol. The van der Waals surface area contributed by atoms with Crippen LogP contribution in [0.3, 0.4) is 0 Å². The minimum absolute atomic E-state index is 0.100. The summed E-state index contributed by atoms with van der Waals surface area (Å²) >= 11 is 0. The number of anilines is 3. The number of nitrogens with zero attached hydrogens (tertiary/aromatic N) is 4. The number of sulfonamides is 1. The number of hydrogen-bond acceptors (Lipinski definition) is 8. The molecule has 0 unspecified atom stereocenters. The van der Waals surface area contributed by atoms with Gasteiger partial charge in [0.1, 0.15) is 17.0 Å². The zero-order valence-electron chi connectivity index (χ0n) is 19.7. The van der Waals surface area contributed by atoms with Gasteiger partial charge in [-0.1, -0.05) is 19.3 Å². The molecule has 196 valence electrons. The van der Waals surface area contributed by atoms with Crippen molar-refractivity contribution in [1.82, 2.24) is 19.5 Å². The zero-order valence-corrected chi connectivity index (χ0v) is 20.5. The predicted octanol–water partition coefficient (Wildman–Crippen LogP) is 3.60. The van der Waals surface area contributed by atoms with E-state index in [2.05, 4.69) is 30.7 Å². The standard InChI is InChI=1S/C21H23F3N6O.CH5NO2S/c22-12-8-15(23)18(16(24)9-12)28-21-27-17-10-25-20(26-13-4-2-1-3-5-13)29-19(17)30(21)14-6-7-31-11-14;1-5(2,3)4/h8-10,13-14H,1-7,11H2,(H,27,28)(H,25,26,29);1H3,(H2,2,3,4)/t14-;/m0./s1. The third-order valence-electron chi connectivity index (χ3n) is 5.89. The van der Waals surface area contributed by atoms with E-state index in [0.717, 1.165) is 19.1 Å². The van der Waals surface area contributed by atoms with Gasteiger partial charge in [0.25, 0.3) is 0 Å². The van der Waals surface area contributed by atoms with Crippen molar-refractivity contribution < 1.29 is 26.3 Å². The number of nitrogens with one attached hydrogen (secondary N) is 2. The molecule has 3 heterocycles. The molecule has 2 fully saturated rings. The van der Waals surface area contributed by atoms with Crippen LogP contribution < -0.4 is 15.8 Å². The number of halogens is 3. The van der Waals surface area contributed by atoms with Gasteiger partial charge in [-0.3, -0.25) is 4.57 Å². The first-order chi connectivity index (χ1) is 17.1. The molecule has 0 amide bonds. The molecule has 5 rings (SSSR count). The van der Waals surface area contributed by atoms with Crippen molar-refractivity contribution in [3.63, 3.8) is 0 Å². The lowest BCUT2D eigenvalue weighted by molar-refractivity contribution is 0.187. The van der Waals surface area contributed by atoms with E-state index in [9.17, 15) is 21.6 Å². The fourth-order valence-corrected chi connectivity index (χ4v) is 4.32. The van der Waals surface area contributed by atoms with Crippen LogP contribution in [0.1, 0.15) is 44.6 Å². The average Bonchev–Trinajstić information content (AvgIpc) is 3.43. The Kier molecular flexibility index (Phi) is 7.95. The summed E-state index contributed by atoms with van der Waals surface area (Å²) in [5, 5.41) is 10.4. The van der Waals surface area contributed by atoms with Gasteiger partial charge >= 0.3 is 0 Å². The Morgan fingerprint density at radius 1 is 1.08 bits per heavy atom. The summed E-state index contributed by atoms with van der Waals surface area (Å²) in [4.78, 5) is 13.5. The molecule has 1 saturated heterocycles. The summed E-state index contributed by atoms with van der Waals surface area (Å²) in [6.07, 6.45) is 9.01. The Bertz CT molecular complexity index is 1290. The maximum Gasteiger partial charge on any atom is 0.224 e. The SMILES string of the molecule is CS(N)(=O)=O.Fc1cc(F)c(Nc2nc3cnc(NC4CCCCC4)nc3n2[C@H]2CCOC2)c(F)c1. The molecule has 3 aromatic rings. The molecule has 0 spiro atoms. The second-order valence-corrected chi connectivity index (χ2v) is 10.6. The first-order valence-electron chi connectivity index (χ1n) is 11.6.